The fourth-order valence-electron chi connectivity index (χ4n) is 2.87. The molecule has 0 spiro atoms. The zero-order chi connectivity index (χ0) is 15.0. The fourth-order valence-corrected chi connectivity index (χ4v) is 3.78. The molecule has 1 saturated heterocycles. The Balaban J connectivity index is 1.77. The summed E-state index contributed by atoms with van der Waals surface area (Å²) in [4.78, 5) is 21.2. The van der Waals surface area contributed by atoms with Crippen LogP contribution in [0.5, 0.6) is 0 Å². The highest BCUT2D eigenvalue weighted by Gasteiger charge is 2.29. The molecule has 0 aromatic carbocycles. The Labute approximate surface area is 128 Å². The lowest BCUT2D eigenvalue weighted by Crippen LogP contribution is -2.39. The van der Waals surface area contributed by atoms with E-state index in [4.69, 9.17) is 4.52 Å². The Morgan fingerprint density at radius 3 is 2.86 bits per heavy atom. The third kappa shape index (κ3) is 2.85. The predicted molar refractivity (Wildman–Crippen MR) is 80.7 cm³/mol. The van der Waals surface area contributed by atoms with Gasteiger partial charge in [-0.25, -0.2) is 0 Å². The Bertz CT molecular complexity index is 662. The van der Waals surface area contributed by atoms with Gasteiger partial charge in [-0.1, -0.05) is 5.16 Å². The summed E-state index contributed by atoms with van der Waals surface area (Å²) in [5, 5.41) is 4.01. The van der Waals surface area contributed by atoms with E-state index in [2.05, 4.69) is 10.1 Å². The molecule has 112 valence electrons. The lowest BCUT2D eigenvalue weighted by Gasteiger charge is -2.31. The highest BCUT2D eigenvalue weighted by Crippen LogP contribution is 2.28. The molecule has 1 fully saturated rings. The molecule has 1 amide bonds. The van der Waals surface area contributed by atoms with Crippen molar-refractivity contribution in [3.05, 3.63) is 33.1 Å². The van der Waals surface area contributed by atoms with Crippen LogP contribution in [-0.2, 0) is 0 Å². The number of likely N-dealkylation sites (tertiary alicyclic amines) is 1. The van der Waals surface area contributed by atoms with Crippen molar-refractivity contribution in [3.63, 3.8) is 0 Å². The topological polar surface area (TPSA) is 59.2 Å². The van der Waals surface area contributed by atoms with Gasteiger partial charge in [0, 0.05) is 35.7 Å². The minimum atomic E-state index is 0.127. The number of hydrogen-bond acceptors (Lipinski definition) is 5. The van der Waals surface area contributed by atoms with E-state index in [1.165, 1.54) is 4.88 Å². The summed E-state index contributed by atoms with van der Waals surface area (Å²) in [5.74, 6) is 1.61. The second-order valence-corrected chi connectivity index (χ2v) is 7.05. The van der Waals surface area contributed by atoms with Gasteiger partial charge >= 0.3 is 0 Å². The number of carbonyl (C=O) groups excluding carboxylic acids is 1. The van der Waals surface area contributed by atoms with Crippen molar-refractivity contribution in [1.82, 2.24) is 15.0 Å². The largest absolute Gasteiger partial charge is 0.340 e. The van der Waals surface area contributed by atoms with E-state index >= 15 is 0 Å². The van der Waals surface area contributed by atoms with Crippen LogP contribution in [0.25, 0.3) is 0 Å². The molecular weight excluding hydrogens is 286 g/mol. The molecule has 6 heteroatoms. The van der Waals surface area contributed by atoms with Gasteiger partial charge in [0.05, 0.1) is 5.56 Å². The molecule has 21 heavy (non-hydrogen) atoms. The van der Waals surface area contributed by atoms with E-state index in [0.29, 0.717) is 12.4 Å². The van der Waals surface area contributed by atoms with Crippen LogP contribution in [0, 0.1) is 20.8 Å². The average molecular weight is 305 g/mol. The maximum absolute atomic E-state index is 12.7. The van der Waals surface area contributed by atoms with E-state index in [0.717, 1.165) is 35.7 Å². The van der Waals surface area contributed by atoms with Crippen LogP contribution in [-0.4, -0.2) is 34.0 Å². The summed E-state index contributed by atoms with van der Waals surface area (Å²) < 4.78 is 5.06. The molecule has 0 saturated carbocycles. The fraction of sp³-hybridized carbons (Fsp3) is 0.533. The number of hydrogen-bond donors (Lipinski definition) is 0. The summed E-state index contributed by atoms with van der Waals surface area (Å²) in [6, 6.07) is 1.99. The first-order valence-electron chi connectivity index (χ1n) is 7.21. The van der Waals surface area contributed by atoms with E-state index in [-0.39, 0.29) is 11.8 Å². The quantitative estimate of drug-likeness (QED) is 0.855. The van der Waals surface area contributed by atoms with Gasteiger partial charge in [-0.15, -0.1) is 11.3 Å². The molecule has 3 heterocycles. The number of thiophene rings is 1. The molecule has 0 bridgehead atoms. The molecule has 1 atom stereocenters. The minimum absolute atomic E-state index is 0.127. The zero-order valence-electron chi connectivity index (χ0n) is 12.5. The van der Waals surface area contributed by atoms with Crippen molar-refractivity contribution in [2.24, 2.45) is 0 Å². The standard InChI is InChI=1S/C15H19N3O2S/c1-9-7-13(10(2)21-9)15(19)18-6-4-5-12(8-18)14-16-11(3)20-17-14/h7,12H,4-6,8H2,1-3H3/t12-/m1/s1. The molecular formula is C15H19N3O2S. The van der Waals surface area contributed by atoms with E-state index in [1.807, 2.05) is 24.8 Å². The normalized spacial score (nSPS) is 19.0. The molecule has 2 aromatic heterocycles. The number of rotatable bonds is 2. The smallest absolute Gasteiger partial charge is 0.255 e. The lowest BCUT2D eigenvalue weighted by molar-refractivity contribution is 0.0703. The average Bonchev–Trinajstić information content (AvgIpc) is 3.04. The maximum Gasteiger partial charge on any atom is 0.255 e. The van der Waals surface area contributed by atoms with Gasteiger partial charge in [-0.3, -0.25) is 4.79 Å². The van der Waals surface area contributed by atoms with E-state index in [9.17, 15) is 4.79 Å². The monoisotopic (exact) mass is 305 g/mol. The Morgan fingerprint density at radius 2 is 2.24 bits per heavy atom. The Hall–Kier alpha value is -1.69. The van der Waals surface area contributed by atoms with Gasteiger partial charge < -0.3 is 9.42 Å². The number of piperidine rings is 1. The molecule has 1 aliphatic heterocycles. The Morgan fingerprint density at radius 1 is 1.43 bits per heavy atom. The summed E-state index contributed by atoms with van der Waals surface area (Å²) in [6.45, 7) is 7.32. The van der Waals surface area contributed by atoms with E-state index in [1.54, 1.807) is 18.3 Å². The molecule has 1 aliphatic rings. The van der Waals surface area contributed by atoms with Crippen molar-refractivity contribution in [2.75, 3.05) is 13.1 Å². The highest BCUT2D eigenvalue weighted by molar-refractivity contribution is 7.12. The predicted octanol–water partition coefficient (Wildman–Crippen LogP) is 3.08. The van der Waals surface area contributed by atoms with Gasteiger partial charge in [0.1, 0.15) is 0 Å². The number of nitrogens with zero attached hydrogens (tertiary/aromatic N) is 3. The first-order chi connectivity index (χ1) is 10.0. The van der Waals surface area contributed by atoms with Crippen LogP contribution in [0.3, 0.4) is 0 Å². The van der Waals surface area contributed by atoms with Crippen LogP contribution >= 0.6 is 11.3 Å². The van der Waals surface area contributed by atoms with Crippen LogP contribution in [0.2, 0.25) is 0 Å². The first-order valence-corrected chi connectivity index (χ1v) is 8.02. The summed E-state index contributed by atoms with van der Waals surface area (Å²) >= 11 is 1.67. The first kappa shape index (κ1) is 14.3. The number of carbonyl (C=O) groups is 1. The highest BCUT2D eigenvalue weighted by atomic mass is 32.1. The number of aromatic nitrogens is 2. The SMILES string of the molecule is Cc1nc([C@@H]2CCCN(C(=O)c3cc(C)sc3C)C2)no1. The summed E-state index contributed by atoms with van der Waals surface area (Å²) in [6.07, 6.45) is 1.98. The van der Waals surface area contributed by atoms with Gasteiger partial charge in [0.25, 0.3) is 5.91 Å². The third-order valence-electron chi connectivity index (χ3n) is 3.89. The number of amides is 1. The van der Waals surface area contributed by atoms with Crippen LogP contribution < -0.4 is 0 Å². The van der Waals surface area contributed by atoms with Crippen molar-refractivity contribution < 1.29 is 9.32 Å². The molecule has 0 radical (unpaired) electrons. The van der Waals surface area contributed by atoms with Crippen LogP contribution in [0.4, 0.5) is 0 Å². The van der Waals surface area contributed by atoms with Gasteiger partial charge in [0.15, 0.2) is 5.82 Å². The molecule has 2 aromatic rings. The molecule has 0 aliphatic carbocycles. The van der Waals surface area contributed by atoms with Crippen LogP contribution in [0.15, 0.2) is 10.6 Å². The second-order valence-electron chi connectivity index (χ2n) is 5.59. The van der Waals surface area contributed by atoms with Crippen molar-refractivity contribution in [2.45, 2.75) is 39.5 Å². The zero-order valence-corrected chi connectivity index (χ0v) is 13.4. The third-order valence-corrected chi connectivity index (χ3v) is 4.85. The van der Waals surface area contributed by atoms with Gasteiger partial charge in [-0.2, -0.15) is 4.98 Å². The lowest BCUT2D eigenvalue weighted by atomic mass is 9.97. The second kappa shape index (κ2) is 5.60. The molecule has 0 N–H and O–H groups in total. The Kier molecular flexibility index (Phi) is 3.80. The van der Waals surface area contributed by atoms with E-state index < -0.39 is 0 Å². The molecule has 5 nitrogen and oxygen atoms in total. The van der Waals surface area contributed by atoms with Crippen molar-refractivity contribution in [3.8, 4) is 0 Å². The summed E-state index contributed by atoms with van der Waals surface area (Å²) in [7, 11) is 0. The molecule has 0 unspecified atom stereocenters. The number of aryl methyl sites for hydroxylation is 3. The van der Waals surface area contributed by atoms with Crippen molar-refractivity contribution in [1.29, 1.82) is 0 Å². The van der Waals surface area contributed by atoms with Crippen molar-refractivity contribution >= 4 is 17.2 Å². The van der Waals surface area contributed by atoms with Gasteiger partial charge in [0.2, 0.25) is 5.89 Å². The maximum atomic E-state index is 12.7. The van der Waals surface area contributed by atoms with Gasteiger partial charge in [-0.05, 0) is 32.8 Å². The van der Waals surface area contributed by atoms with Crippen LogP contribution in [0.1, 0.15) is 50.6 Å². The molecule has 3 rings (SSSR count). The summed E-state index contributed by atoms with van der Waals surface area (Å²) in [5.41, 5.74) is 0.836. The minimum Gasteiger partial charge on any atom is -0.340 e.